The first kappa shape index (κ1) is 14.4. The topological polar surface area (TPSA) is 81.5 Å². The molecular formula is C16H17N6O2+. The molecule has 0 atom stereocenters. The van der Waals surface area contributed by atoms with E-state index in [4.69, 9.17) is 0 Å². The fourth-order valence-corrected chi connectivity index (χ4v) is 3.03. The standard InChI is InChI=1S/C16H16N6O2/c1-19-14-13(15(23)20(2)16(19)24)22(10-18-14)8-7-21-9-17-11-5-3-4-6-12(11)21/h3-6,9-10H,7-8H2,1-2H3/p+1. The Hall–Kier alpha value is -3.16. The van der Waals surface area contributed by atoms with Crippen LogP contribution in [0.15, 0.2) is 46.5 Å². The summed E-state index contributed by atoms with van der Waals surface area (Å²) in [7, 11) is 3.10. The third kappa shape index (κ3) is 1.99. The van der Waals surface area contributed by atoms with E-state index in [0.29, 0.717) is 24.3 Å². The molecule has 0 saturated carbocycles. The molecule has 8 heteroatoms. The number of nitrogens with one attached hydrogen (secondary N) is 1. The maximum Gasteiger partial charge on any atom is 0.332 e. The largest absolute Gasteiger partial charge is 0.332 e. The molecule has 24 heavy (non-hydrogen) atoms. The van der Waals surface area contributed by atoms with Crippen LogP contribution in [0.25, 0.3) is 22.2 Å². The van der Waals surface area contributed by atoms with Gasteiger partial charge >= 0.3 is 5.69 Å². The predicted octanol–water partition coefficient (Wildman–Crippen LogP) is -0.0973. The molecule has 0 aliphatic carbocycles. The minimum absolute atomic E-state index is 0.325. The molecule has 0 aliphatic heterocycles. The number of H-pyrrole nitrogens is 1. The van der Waals surface area contributed by atoms with Crippen LogP contribution >= 0.6 is 0 Å². The molecule has 0 fully saturated rings. The first-order chi connectivity index (χ1) is 11.6. The first-order valence-corrected chi connectivity index (χ1v) is 7.64. The van der Waals surface area contributed by atoms with Crippen LogP contribution in [0.3, 0.4) is 0 Å². The molecule has 0 saturated heterocycles. The van der Waals surface area contributed by atoms with Gasteiger partial charge in [-0.3, -0.25) is 13.9 Å². The quantitative estimate of drug-likeness (QED) is 0.534. The van der Waals surface area contributed by atoms with Crippen molar-refractivity contribution in [2.75, 3.05) is 0 Å². The van der Waals surface area contributed by atoms with Crippen molar-refractivity contribution in [1.29, 1.82) is 0 Å². The van der Waals surface area contributed by atoms with Gasteiger partial charge in [0.1, 0.15) is 6.54 Å². The number of imidazole rings is 2. The number of para-hydroxylation sites is 2. The Morgan fingerprint density at radius 3 is 2.79 bits per heavy atom. The normalized spacial score (nSPS) is 11.6. The lowest BCUT2D eigenvalue weighted by Crippen LogP contribution is -2.38. The molecule has 4 aromatic rings. The van der Waals surface area contributed by atoms with Gasteiger partial charge in [0.15, 0.2) is 22.2 Å². The maximum absolute atomic E-state index is 12.4. The summed E-state index contributed by atoms with van der Waals surface area (Å²) in [6.45, 7) is 1.26. The maximum atomic E-state index is 12.4. The summed E-state index contributed by atoms with van der Waals surface area (Å²) in [6, 6.07) is 8.03. The highest BCUT2D eigenvalue weighted by Crippen LogP contribution is 2.07. The van der Waals surface area contributed by atoms with Gasteiger partial charge in [-0.2, -0.15) is 0 Å². The van der Waals surface area contributed by atoms with Gasteiger partial charge in [0, 0.05) is 14.1 Å². The zero-order chi connectivity index (χ0) is 16.8. The van der Waals surface area contributed by atoms with Gasteiger partial charge in [0.2, 0.25) is 6.33 Å². The van der Waals surface area contributed by atoms with E-state index in [9.17, 15) is 9.59 Å². The Kier molecular flexibility index (Phi) is 3.12. The highest BCUT2D eigenvalue weighted by molar-refractivity contribution is 5.71. The second-order valence-corrected chi connectivity index (χ2v) is 5.80. The van der Waals surface area contributed by atoms with Crippen LogP contribution in [0.1, 0.15) is 0 Å². The van der Waals surface area contributed by atoms with Gasteiger partial charge < -0.3 is 4.57 Å². The Morgan fingerprint density at radius 2 is 1.96 bits per heavy atom. The Labute approximate surface area is 136 Å². The van der Waals surface area contributed by atoms with E-state index in [-0.39, 0.29) is 11.2 Å². The van der Waals surface area contributed by atoms with E-state index < -0.39 is 0 Å². The van der Waals surface area contributed by atoms with Crippen LogP contribution in [0.5, 0.6) is 0 Å². The molecule has 0 bridgehead atoms. The molecule has 1 aromatic carbocycles. The van der Waals surface area contributed by atoms with Crippen molar-refractivity contribution in [3.05, 3.63) is 57.8 Å². The molecule has 0 aliphatic rings. The van der Waals surface area contributed by atoms with Crippen molar-refractivity contribution >= 4 is 22.2 Å². The summed E-state index contributed by atoms with van der Waals surface area (Å²) in [5.41, 5.74) is 2.32. The zero-order valence-corrected chi connectivity index (χ0v) is 13.4. The van der Waals surface area contributed by atoms with Crippen molar-refractivity contribution in [3.8, 4) is 0 Å². The fourth-order valence-electron chi connectivity index (χ4n) is 3.03. The lowest BCUT2D eigenvalue weighted by molar-refractivity contribution is -0.672. The zero-order valence-electron chi connectivity index (χ0n) is 13.4. The number of benzene rings is 1. The summed E-state index contributed by atoms with van der Waals surface area (Å²) in [5.74, 6) is 0. The smallest absolute Gasteiger partial charge is 0.321 e. The van der Waals surface area contributed by atoms with Crippen molar-refractivity contribution in [2.45, 2.75) is 13.1 Å². The van der Waals surface area contributed by atoms with Crippen molar-refractivity contribution < 1.29 is 4.57 Å². The lowest BCUT2D eigenvalue weighted by atomic mass is 10.3. The second-order valence-electron chi connectivity index (χ2n) is 5.80. The van der Waals surface area contributed by atoms with Crippen LogP contribution in [-0.2, 0) is 27.2 Å². The summed E-state index contributed by atoms with van der Waals surface area (Å²) >= 11 is 0. The van der Waals surface area contributed by atoms with Crippen molar-refractivity contribution in [2.24, 2.45) is 14.1 Å². The van der Waals surface area contributed by atoms with Crippen molar-refractivity contribution in [3.63, 3.8) is 0 Å². The first-order valence-electron chi connectivity index (χ1n) is 7.64. The summed E-state index contributed by atoms with van der Waals surface area (Å²) in [4.78, 5) is 31.9. The van der Waals surface area contributed by atoms with Crippen LogP contribution < -0.4 is 15.8 Å². The van der Waals surface area contributed by atoms with Crippen molar-refractivity contribution in [1.82, 2.24) is 23.7 Å². The average Bonchev–Trinajstić information content (AvgIpc) is 3.20. The number of aromatic nitrogens is 6. The minimum atomic E-state index is -0.372. The Balaban J connectivity index is 1.76. The highest BCUT2D eigenvalue weighted by Gasteiger charge is 2.15. The van der Waals surface area contributed by atoms with Gasteiger partial charge in [-0.25, -0.2) is 19.3 Å². The molecule has 1 N–H and O–H groups in total. The molecule has 8 nitrogen and oxygen atoms in total. The number of rotatable bonds is 3. The molecule has 3 heterocycles. The third-order valence-corrected chi connectivity index (χ3v) is 4.39. The van der Waals surface area contributed by atoms with E-state index in [2.05, 4.69) is 14.5 Å². The van der Waals surface area contributed by atoms with Gasteiger partial charge in [0.25, 0.3) is 5.56 Å². The number of hydrogen-bond acceptors (Lipinski definition) is 3. The summed E-state index contributed by atoms with van der Waals surface area (Å²) in [6.07, 6.45) is 3.53. The van der Waals surface area contributed by atoms with Crippen LogP contribution in [0.4, 0.5) is 0 Å². The van der Waals surface area contributed by atoms with E-state index in [1.807, 2.05) is 30.6 Å². The number of aromatic amines is 1. The minimum Gasteiger partial charge on any atom is -0.321 e. The SMILES string of the molecule is Cn1c(=O)c2c(ncn2CC[n+]2c[nH]c3ccccc32)n(C)c1=O. The van der Waals surface area contributed by atoms with Gasteiger partial charge in [-0.15, -0.1) is 0 Å². The molecule has 0 unspecified atom stereocenters. The molecule has 3 aromatic heterocycles. The van der Waals surface area contributed by atoms with E-state index >= 15 is 0 Å². The number of hydrogen-bond donors (Lipinski definition) is 1. The molecule has 122 valence electrons. The number of aryl methyl sites for hydroxylation is 3. The summed E-state index contributed by atoms with van der Waals surface area (Å²) in [5, 5.41) is 0. The van der Waals surface area contributed by atoms with Crippen LogP contribution in [0, 0.1) is 0 Å². The van der Waals surface area contributed by atoms with Crippen LogP contribution in [0.2, 0.25) is 0 Å². The number of nitrogens with zero attached hydrogens (tertiary/aromatic N) is 5. The third-order valence-electron chi connectivity index (χ3n) is 4.39. The van der Waals surface area contributed by atoms with Gasteiger partial charge in [-0.1, -0.05) is 12.1 Å². The summed E-state index contributed by atoms with van der Waals surface area (Å²) < 4.78 is 6.39. The Bertz CT molecular complexity index is 1180. The predicted molar refractivity (Wildman–Crippen MR) is 88.7 cm³/mol. The molecular weight excluding hydrogens is 308 g/mol. The van der Waals surface area contributed by atoms with E-state index in [1.54, 1.807) is 17.9 Å². The fraction of sp³-hybridized carbons (Fsp3) is 0.250. The lowest BCUT2D eigenvalue weighted by Gasteiger charge is -2.05. The average molecular weight is 325 g/mol. The molecule has 4 rings (SSSR count). The highest BCUT2D eigenvalue weighted by atomic mass is 16.2. The van der Waals surface area contributed by atoms with E-state index in [1.165, 1.54) is 11.6 Å². The molecule has 0 radical (unpaired) electrons. The van der Waals surface area contributed by atoms with E-state index in [0.717, 1.165) is 15.6 Å². The molecule has 0 amide bonds. The number of fused-ring (bicyclic) bond motifs is 2. The van der Waals surface area contributed by atoms with Gasteiger partial charge in [-0.05, 0) is 12.1 Å². The Morgan fingerprint density at radius 1 is 1.17 bits per heavy atom. The second kappa shape index (κ2) is 5.19. The van der Waals surface area contributed by atoms with Gasteiger partial charge in [0.05, 0.1) is 12.9 Å². The molecule has 0 spiro atoms. The van der Waals surface area contributed by atoms with Crippen LogP contribution in [-0.4, -0.2) is 23.7 Å². The monoisotopic (exact) mass is 325 g/mol.